The molecule has 0 heterocycles. The molecule has 0 bridgehead atoms. The highest BCUT2D eigenvalue weighted by Gasteiger charge is 2.40. The van der Waals surface area contributed by atoms with Gasteiger partial charge in [-0.3, -0.25) is 0 Å². The molecule has 0 heteroatoms. The van der Waals surface area contributed by atoms with Crippen molar-refractivity contribution in [1.29, 1.82) is 0 Å². The Morgan fingerprint density at radius 3 is 1.22 bits per heavy atom. The smallest absolute Gasteiger partial charge is 0.0585 e. The minimum absolute atomic E-state index is 0.0229. The van der Waals surface area contributed by atoms with E-state index in [1.165, 1.54) is 16.7 Å². The van der Waals surface area contributed by atoms with E-state index in [0.29, 0.717) is 0 Å². The van der Waals surface area contributed by atoms with E-state index in [2.05, 4.69) is 85.6 Å². The van der Waals surface area contributed by atoms with Crippen LogP contribution in [0.15, 0.2) is 91.0 Å². The normalized spacial score (nSPS) is 12.3. The molecule has 0 aliphatic rings. The van der Waals surface area contributed by atoms with Crippen LogP contribution in [0.25, 0.3) is 0 Å². The molecule has 0 aliphatic heterocycles. The van der Waals surface area contributed by atoms with Gasteiger partial charge in [0, 0.05) is 5.92 Å². The fraction of sp³-hybridized carbons (Fsp3) is 0.130. The van der Waals surface area contributed by atoms with Gasteiger partial charge in [-0.25, -0.2) is 0 Å². The molecule has 0 nitrogen and oxygen atoms in total. The Hall–Kier alpha value is -2.78. The SMILES string of the molecule is C#CC(C)C(c1ccccc1)(c1ccccc1)c1ccccc1. The predicted molar refractivity (Wildman–Crippen MR) is 97.2 cm³/mol. The summed E-state index contributed by atoms with van der Waals surface area (Å²) in [6, 6.07) is 31.7. The number of benzene rings is 3. The van der Waals surface area contributed by atoms with Gasteiger partial charge in [0.15, 0.2) is 0 Å². The summed E-state index contributed by atoms with van der Waals surface area (Å²) < 4.78 is 0. The summed E-state index contributed by atoms with van der Waals surface area (Å²) >= 11 is 0. The summed E-state index contributed by atoms with van der Waals surface area (Å²) in [7, 11) is 0. The van der Waals surface area contributed by atoms with E-state index in [4.69, 9.17) is 6.42 Å². The van der Waals surface area contributed by atoms with Crippen LogP contribution < -0.4 is 0 Å². The van der Waals surface area contributed by atoms with E-state index in [0.717, 1.165) is 0 Å². The van der Waals surface area contributed by atoms with Crippen LogP contribution in [-0.4, -0.2) is 0 Å². The Kier molecular flexibility index (Phi) is 4.31. The Balaban J connectivity index is 2.38. The van der Waals surface area contributed by atoms with Crippen LogP contribution in [0.5, 0.6) is 0 Å². The van der Waals surface area contributed by atoms with Gasteiger partial charge in [0.1, 0.15) is 0 Å². The van der Waals surface area contributed by atoms with E-state index >= 15 is 0 Å². The monoisotopic (exact) mass is 296 g/mol. The number of rotatable bonds is 4. The van der Waals surface area contributed by atoms with Crippen molar-refractivity contribution in [1.82, 2.24) is 0 Å². The molecule has 0 saturated heterocycles. The van der Waals surface area contributed by atoms with Crippen molar-refractivity contribution < 1.29 is 0 Å². The molecule has 0 fully saturated rings. The maximum Gasteiger partial charge on any atom is 0.0585 e. The van der Waals surface area contributed by atoms with E-state index in [1.807, 2.05) is 18.2 Å². The third-order valence-electron chi connectivity index (χ3n) is 4.59. The molecule has 23 heavy (non-hydrogen) atoms. The summed E-state index contributed by atoms with van der Waals surface area (Å²) in [5, 5.41) is 0. The lowest BCUT2D eigenvalue weighted by atomic mass is 9.62. The Bertz CT molecular complexity index is 683. The third kappa shape index (κ3) is 2.56. The average Bonchev–Trinajstić information content (AvgIpc) is 2.65. The van der Waals surface area contributed by atoms with E-state index < -0.39 is 0 Å². The van der Waals surface area contributed by atoms with Gasteiger partial charge in [-0.05, 0) is 23.6 Å². The Morgan fingerprint density at radius 1 is 0.652 bits per heavy atom. The Morgan fingerprint density at radius 2 is 0.957 bits per heavy atom. The van der Waals surface area contributed by atoms with Crippen LogP contribution in [0.4, 0.5) is 0 Å². The van der Waals surface area contributed by atoms with Crippen LogP contribution >= 0.6 is 0 Å². The van der Waals surface area contributed by atoms with Crippen molar-refractivity contribution in [3.8, 4) is 12.3 Å². The molecule has 1 atom stereocenters. The van der Waals surface area contributed by atoms with Gasteiger partial charge in [0.2, 0.25) is 0 Å². The van der Waals surface area contributed by atoms with Crippen molar-refractivity contribution in [3.05, 3.63) is 108 Å². The molecule has 0 aromatic heterocycles. The van der Waals surface area contributed by atoms with Gasteiger partial charge in [-0.15, -0.1) is 12.3 Å². The average molecular weight is 296 g/mol. The summed E-state index contributed by atoms with van der Waals surface area (Å²) in [6.45, 7) is 2.13. The molecule has 0 aliphatic carbocycles. The fourth-order valence-corrected chi connectivity index (χ4v) is 3.48. The van der Waals surface area contributed by atoms with Crippen LogP contribution in [0.1, 0.15) is 23.6 Å². The molecule has 112 valence electrons. The van der Waals surface area contributed by atoms with Crippen LogP contribution in [-0.2, 0) is 5.41 Å². The minimum atomic E-state index is -0.349. The van der Waals surface area contributed by atoms with E-state index in [9.17, 15) is 0 Å². The number of hydrogen-bond acceptors (Lipinski definition) is 0. The highest BCUT2D eigenvalue weighted by Crippen LogP contribution is 2.44. The first-order valence-electron chi connectivity index (χ1n) is 7.93. The van der Waals surface area contributed by atoms with Gasteiger partial charge in [0.25, 0.3) is 0 Å². The van der Waals surface area contributed by atoms with Crippen LogP contribution in [0.2, 0.25) is 0 Å². The largest absolute Gasteiger partial charge is 0.120 e. The first kappa shape index (κ1) is 15.1. The summed E-state index contributed by atoms with van der Waals surface area (Å²) in [4.78, 5) is 0. The summed E-state index contributed by atoms with van der Waals surface area (Å²) in [5.74, 6) is 3.02. The second-order valence-corrected chi connectivity index (χ2v) is 5.79. The zero-order valence-corrected chi connectivity index (χ0v) is 13.3. The summed E-state index contributed by atoms with van der Waals surface area (Å²) in [6.07, 6.45) is 5.92. The van der Waals surface area contributed by atoms with Gasteiger partial charge in [-0.2, -0.15) is 0 Å². The van der Waals surface area contributed by atoms with Crippen LogP contribution in [0, 0.1) is 18.3 Å². The van der Waals surface area contributed by atoms with Crippen molar-refractivity contribution in [2.45, 2.75) is 12.3 Å². The zero-order chi connectivity index (χ0) is 16.1. The van der Waals surface area contributed by atoms with Crippen molar-refractivity contribution >= 4 is 0 Å². The molecular formula is C23H20. The highest BCUT2D eigenvalue weighted by molar-refractivity contribution is 5.52. The first-order chi connectivity index (χ1) is 11.3. The van der Waals surface area contributed by atoms with Crippen molar-refractivity contribution in [2.75, 3.05) is 0 Å². The zero-order valence-electron chi connectivity index (χ0n) is 13.3. The molecular weight excluding hydrogens is 276 g/mol. The van der Waals surface area contributed by atoms with Gasteiger partial charge >= 0.3 is 0 Å². The molecule has 3 aromatic carbocycles. The standard InChI is InChI=1S/C23H20/c1-3-19(2)23(20-13-7-4-8-14-20,21-15-9-5-10-16-21)22-17-11-6-12-18-22/h1,4-19H,2H3. The predicted octanol–water partition coefficient (Wildman–Crippen LogP) is 5.29. The lowest BCUT2D eigenvalue weighted by molar-refractivity contribution is 0.496. The first-order valence-corrected chi connectivity index (χ1v) is 7.93. The van der Waals surface area contributed by atoms with Gasteiger partial charge in [-0.1, -0.05) is 91.0 Å². The van der Waals surface area contributed by atoms with Gasteiger partial charge in [0.05, 0.1) is 5.41 Å². The topological polar surface area (TPSA) is 0 Å². The maximum atomic E-state index is 5.92. The second kappa shape index (κ2) is 6.55. The second-order valence-electron chi connectivity index (χ2n) is 5.79. The van der Waals surface area contributed by atoms with Crippen LogP contribution in [0.3, 0.4) is 0 Å². The molecule has 0 spiro atoms. The number of terminal acetylenes is 1. The highest BCUT2D eigenvalue weighted by atomic mass is 14.4. The fourth-order valence-electron chi connectivity index (χ4n) is 3.48. The van der Waals surface area contributed by atoms with Gasteiger partial charge < -0.3 is 0 Å². The Labute approximate surface area is 138 Å². The number of hydrogen-bond donors (Lipinski definition) is 0. The van der Waals surface area contributed by atoms with Crippen molar-refractivity contribution in [3.63, 3.8) is 0 Å². The maximum absolute atomic E-state index is 5.92. The molecule has 0 saturated carbocycles. The van der Waals surface area contributed by atoms with Crippen molar-refractivity contribution in [2.24, 2.45) is 5.92 Å². The van der Waals surface area contributed by atoms with E-state index in [1.54, 1.807) is 0 Å². The lowest BCUT2D eigenvalue weighted by Gasteiger charge is -2.39. The molecule has 3 aromatic rings. The third-order valence-corrected chi connectivity index (χ3v) is 4.59. The molecule has 0 N–H and O–H groups in total. The van der Waals surface area contributed by atoms with E-state index in [-0.39, 0.29) is 11.3 Å². The minimum Gasteiger partial charge on any atom is -0.120 e. The molecule has 0 radical (unpaired) electrons. The lowest BCUT2D eigenvalue weighted by Crippen LogP contribution is -2.35. The molecule has 3 rings (SSSR count). The molecule has 1 unspecified atom stereocenters. The molecule has 0 amide bonds. The quantitative estimate of drug-likeness (QED) is 0.453. The summed E-state index contributed by atoms with van der Waals surface area (Å²) in [5.41, 5.74) is 3.33.